The van der Waals surface area contributed by atoms with Crippen LogP contribution in [0, 0.1) is 5.41 Å². The molecule has 0 aliphatic heterocycles. The summed E-state index contributed by atoms with van der Waals surface area (Å²) in [6.45, 7) is 0.577. The van der Waals surface area contributed by atoms with Crippen LogP contribution in [0.1, 0.15) is 18.4 Å². The average Bonchev–Trinajstić information content (AvgIpc) is 3.24. The monoisotopic (exact) mass is 296 g/mol. The molecule has 0 saturated heterocycles. The minimum absolute atomic E-state index is 0.0362. The van der Waals surface area contributed by atoms with Crippen molar-refractivity contribution in [2.24, 2.45) is 5.41 Å². The molecule has 0 aromatic heterocycles. The lowest BCUT2D eigenvalue weighted by Gasteiger charge is -2.12. The van der Waals surface area contributed by atoms with Gasteiger partial charge in [-0.1, -0.05) is 29.8 Å². The van der Waals surface area contributed by atoms with Gasteiger partial charge in [-0.25, -0.2) is 0 Å². The van der Waals surface area contributed by atoms with E-state index in [9.17, 15) is 9.59 Å². The van der Waals surface area contributed by atoms with Crippen LogP contribution in [0.5, 0.6) is 0 Å². The smallest absolute Gasteiger partial charge is 0.309 e. The van der Waals surface area contributed by atoms with Gasteiger partial charge in [0, 0.05) is 23.5 Å². The first-order chi connectivity index (χ1) is 9.56. The van der Waals surface area contributed by atoms with Gasteiger partial charge in [0.1, 0.15) is 0 Å². The first-order valence-corrected chi connectivity index (χ1v) is 6.84. The molecule has 0 radical (unpaired) electrons. The van der Waals surface area contributed by atoms with E-state index in [4.69, 9.17) is 16.7 Å². The normalized spacial score (nSPS) is 15.5. The van der Waals surface area contributed by atoms with Gasteiger partial charge in [-0.3, -0.25) is 9.59 Å². The zero-order chi connectivity index (χ0) is 14.6. The molecular weight excluding hydrogens is 280 g/mol. The quantitative estimate of drug-likeness (QED) is 0.705. The van der Waals surface area contributed by atoms with Crippen molar-refractivity contribution in [2.75, 3.05) is 13.2 Å². The Morgan fingerprint density at radius 2 is 1.85 bits per heavy atom. The van der Waals surface area contributed by atoms with Crippen LogP contribution in [0.15, 0.2) is 24.3 Å². The largest absolute Gasteiger partial charge is 0.396 e. The van der Waals surface area contributed by atoms with Crippen molar-refractivity contribution in [1.82, 2.24) is 10.6 Å². The Bertz CT molecular complexity index is 515. The van der Waals surface area contributed by atoms with Crippen molar-refractivity contribution < 1.29 is 14.7 Å². The fourth-order valence-corrected chi connectivity index (χ4v) is 2.02. The summed E-state index contributed by atoms with van der Waals surface area (Å²) < 4.78 is 0. The first-order valence-electron chi connectivity index (χ1n) is 6.47. The van der Waals surface area contributed by atoms with E-state index in [0.717, 1.165) is 18.4 Å². The van der Waals surface area contributed by atoms with E-state index in [1.165, 1.54) is 0 Å². The summed E-state index contributed by atoms with van der Waals surface area (Å²) in [5.74, 6) is -1.38. The van der Waals surface area contributed by atoms with Crippen LogP contribution in [0.3, 0.4) is 0 Å². The molecule has 1 fully saturated rings. The van der Waals surface area contributed by atoms with Gasteiger partial charge in [0.15, 0.2) is 0 Å². The number of amides is 2. The highest BCUT2D eigenvalue weighted by Gasteiger charge is 2.42. The molecule has 1 aliphatic carbocycles. The summed E-state index contributed by atoms with van der Waals surface area (Å²) in [5, 5.41) is 14.7. The van der Waals surface area contributed by atoms with E-state index < -0.39 is 11.8 Å². The van der Waals surface area contributed by atoms with Gasteiger partial charge in [-0.05, 0) is 24.5 Å². The molecule has 6 heteroatoms. The highest BCUT2D eigenvalue weighted by molar-refractivity contribution is 6.35. The molecule has 0 spiro atoms. The fraction of sp³-hybridized carbons (Fsp3) is 0.429. The van der Waals surface area contributed by atoms with Crippen LogP contribution in [-0.4, -0.2) is 30.1 Å². The Morgan fingerprint density at radius 3 is 2.45 bits per heavy atom. The zero-order valence-corrected chi connectivity index (χ0v) is 11.7. The van der Waals surface area contributed by atoms with Gasteiger partial charge in [0.2, 0.25) is 0 Å². The zero-order valence-electron chi connectivity index (χ0n) is 11.0. The van der Waals surface area contributed by atoms with Crippen LogP contribution in [0.25, 0.3) is 0 Å². The summed E-state index contributed by atoms with van der Waals surface area (Å²) in [7, 11) is 0. The van der Waals surface area contributed by atoms with Crippen LogP contribution in [0.4, 0.5) is 0 Å². The molecule has 1 saturated carbocycles. The average molecular weight is 297 g/mol. The molecule has 2 amide bonds. The molecule has 1 aromatic carbocycles. The molecule has 0 heterocycles. The SMILES string of the molecule is O=C(NCc1ccccc1Cl)C(=O)NCC1(CO)CC1. The highest BCUT2D eigenvalue weighted by atomic mass is 35.5. The number of carbonyl (C=O) groups is 2. The summed E-state index contributed by atoms with van der Waals surface area (Å²) in [6.07, 6.45) is 1.76. The maximum absolute atomic E-state index is 11.6. The second-order valence-electron chi connectivity index (χ2n) is 5.11. The minimum atomic E-state index is -0.696. The van der Waals surface area contributed by atoms with E-state index in [1.54, 1.807) is 18.2 Å². The number of hydrogen-bond donors (Lipinski definition) is 3. The van der Waals surface area contributed by atoms with Crippen molar-refractivity contribution in [3.63, 3.8) is 0 Å². The lowest BCUT2D eigenvalue weighted by molar-refractivity contribution is -0.139. The Hall–Kier alpha value is -1.59. The second-order valence-corrected chi connectivity index (χ2v) is 5.52. The highest BCUT2D eigenvalue weighted by Crippen LogP contribution is 2.44. The van der Waals surface area contributed by atoms with Crippen molar-refractivity contribution in [3.8, 4) is 0 Å². The number of carbonyl (C=O) groups excluding carboxylic acids is 2. The summed E-state index contributed by atoms with van der Waals surface area (Å²) in [5.41, 5.74) is 0.544. The second kappa shape index (κ2) is 6.24. The van der Waals surface area contributed by atoms with E-state index in [-0.39, 0.29) is 18.6 Å². The van der Waals surface area contributed by atoms with Crippen LogP contribution < -0.4 is 10.6 Å². The maximum atomic E-state index is 11.6. The number of halogens is 1. The van der Waals surface area contributed by atoms with Gasteiger partial charge in [0.25, 0.3) is 0 Å². The number of aliphatic hydroxyl groups excluding tert-OH is 1. The van der Waals surface area contributed by atoms with Crippen molar-refractivity contribution in [3.05, 3.63) is 34.9 Å². The van der Waals surface area contributed by atoms with E-state index in [2.05, 4.69) is 10.6 Å². The number of aliphatic hydroxyl groups is 1. The Kier molecular flexibility index (Phi) is 4.62. The van der Waals surface area contributed by atoms with Gasteiger partial charge in [-0.2, -0.15) is 0 Å². The minimum Gasteiger partial charge on any atom is -0.396 e. The Balaban J connectivity index is 1.77. The van der Waals surface area contributed by atoms with Crippen LogP contribution in [0.2, 0.25) is 5.02 Å². The van der Waals surface area contributed by atoms with Crippen molar-refractivity contribution >= 4 is 23.4 Å². The summed E-state index contributed by atoms with van der Waals surface area (Å²) in [6, 6.07) is 7.11. The third-order valence-electron chi connectivity index (χ3n) is 3.52. The predicted molar refractivity (Wildman–Crippen MR) is 75.1 cm³/mol. The van der Waals surface area contributed by atoms with Crippen LogP contribution >= 0.6 is 11.6 Å². The first kappa shape index (κ1) is 14.8. The molecule has 20 heavy (non-hydrogen) atoms. The number of benzene rings is 1. The molecule has 2 rings (SSSR count). The van der Waals surface area contributed by atoms with Crippen molar-refractivity contribution in [2.45, 2.75) is 19.4 Å². The third kappa shape index (κ3) is 3.71. The molecular formula is C14H17ClN2O3. The number of nitrogens with one attached hydrogen (secondary N) is 2. The van der Waals surface area contributed by atoms with Crippen molar-refractivity contribution in [1.29, 1.82) is 0 Å². The van der Waals surface area contributed by atoms with E-state index in [0.29, 0.717) is 11.6 Å². The maximum Gasteiger partial charge on any atom is 0.309 e. The molecule has 1 aliphatic rings. The fourth-order valence-electron chi connectivity index (χ4n) is 1.81. The number of rotatable bonds is 5. The lowest BCUT2D eigenvalue weighted by atomic mass is 10.1. The molecule has 108 valence electrons. The molecule has 0 bridgehead atoms. The molecule has 1 aromatic rings. The summed E-state index contributed by atoms with van der Waals surface area (Å²) in [4.78, 5) is 23.2. The Morgan fingerprint density at radius 1 is 1.20 bits per heavy atom. The van der Waals surface area contributed by atoms with Gasteiger partial charge < -0.3 is 15.7 Å². The predicted octanol–water partition coefficient (Wildman–Crippen LogP) is 0.845. The third-order valence-corrected chi connectivity index (χ3v) is 3.89. The summed E-state index contributed by atoms with van der Waals surface area (Å²) >= 11 is 5.96. The van der Waals surface area contributed by atoms with E-state index >= 15 is 0 Å². The van der Waals surface area contributed by atoms with Gasteiger partial charge >= 0.3 is 11.8 Å². The van der Waals surface area contributed by atoms with Gasteiger partial charge in [-0.15, -0.1) is 0 Å². The van der Waals surface area contributed by atoms with Crippen LogP contribution in [-0.2, 0) is 16.1 Å². The topological polar surface area (TPSA) is 78.4 Å². The molecule has 3 N–H and O–H groups in total. The molecule has 0 unspecified atom stereocenters. The lowest BCUT2D eigenvalue weighted by Crippen LogP contribution is -2.42. The molecule has 0 atom stereocenters. The standard InChI is InChI=1S/C14H17ClN2O3/c15-11-4-2-1-3-10(11)7-16-12(19)13(20)17-8-14(9-18)5-6-14/h1-4,18H,5-9H2,(H,16,19)(H,17,20). The number of hydrogen-bond acceptors (Lipinski definition) is 3. The van der Waals surface area contributed by atoms with Gasteiger partial charge in [0.05, 0.1) is 6.61 Å². The molecule has 5 nitrogen and oxygen atoms in total. The van der Waals surface area contributed by atoms with E-state index in [1.807, 2.05) is 6.07 Å². The Labute approximate surface area is 122 Å².